The van der Waals surface area contributed by atoms with E-state index in [9.17, 15) is 15.0 Å². The van der Waals surface area contributed by atoms with Gasteiger partial charge in [0.1, 0.15) is 5.75 Å². The first-order valence-corrected chi connectivity index (χ1v) is 6.16. The highest BCUT2D eigenvalue weighted by molar-refractivity contribution is 5.78. The van der Waals surface area contributed by atoms with Gasteiger partial charge >= 0.3 is 0 Å². The molecule has 2 rings (SSSR count). The van der Waals surface area contributed by atoms with Crippen molar-refractivity contribution in [1.29, 1.82) is 0 Å². The molecule has 2 atom stereocenters. The Morgan fingerprint density at radius 2 is 1.95 bits per heavy atom. The molecule has 0 aromatic heterocycles. The Hall–Kier alpha value is -1.63. The Bertz CT molecular complexity index is 442. The molecule has 1 aliphatic rings. The SMILES string of the molecule is NCc1ccccc1OCC(=O)N1CC(O)C(O)C1. The number of aliphatic hydroxyl groups is 2. The number of ether oxygens (including phenoxy) is 1. The summed E-state index contributed by atoms with van der Waals surface area (Å²) < 4.78 is 5.44. The van der Waals surface area contributed by atoms with Crippen LogP contribution in [0.5, 0.6) is 5.75 Å². The molecular weight excluding hydrogens is 248 g/mol. The Balaban J connectivity index is 1.90. The van der Waals surface area contributed by atoms with E-state index < -0.39 is 12.2 Å². The average Bonchev–Trinajstić information content (AvgIpc) is 2.76. The van der Waals surface area contributed by atoms with Crippen LogP contribution in [-0.4, -0.2) is 52.9 Å². The molecule has 6 heteroatoms. The number of nitrogens with zero attached hydrogens (tertiary/aromatic N) is 1. The van der Waals surface area contributed by atoms with Gasteiger partial charge in [-0.05, 0) is 6.07 Å². The van der Waals surface area contributed by atoms with E-state index in [4.69, 9.17) is 10.5 Å². The number of para-hydroxylation sites is 1. The Labute approximate surface area is 111 Å². The summed E-state index contributed by atoms with van der Waals surface area (Å²) in [5.41, 5.74) is 6.40. The van der Waals surface area contributed by atoms with Crippen LogP contribution >= 0.6 is 0 Å². The summed E-state index contributed by atoms with van der Waals surface area (Å²) in [5.74, 6) is 0.320. The lowest BCUT2D eigenvalue weighted by molar-refractivity contribution is -0.132. The summed E-state index contributed by atoms with van der Waals surface area (Å²) in [7, 11) is 0. The molecule has 4 N–H and O–H groups in total. The van der Waals surface area contributed by atoms with E-state index in [1.165, 1.54) is 4.90 Å². The molecule has 0 bridgehead atoms. The highest BCUT2D eigenvalue weighted by atomic mass is 16.5. The van der Waals surface area contributed by atoms with Crippen LogP contribution in [-0.2, 0) is 11.3 Å². The van der Waals surface area contributed by atoms with Crippen LogP contribution in [0.25, 0.3) is 0 Å². The first-order valence-electron chi connectivity index (χ1n) is 6.16. The smallest absolute Gasteiger partial charge is 0.260 e. The van der Waals surface area contributed by atoms with Crippen molar-refractivity contribution in [3.05, 3.63) is 29.8 Å². The van der Waals surface area contributed by atoms with E-state index >= 15 is 0 Å². The van der Waals surface area contributed by atoms with Gasteiger partial charge in [-0.2, -0.15) is 0 Å². The van der Waals surface area contributed by atoms with Crippen molar-refractivity contribution in [2.75, 3.05) is 19.7 Å². The predicted molar refractivity (Wildman–Crippen MR) is 68.4 cm³/mol. The summed E-state index contributed by atoms with van der Waals surface area (Å²) >= 11 is 0. The predicted octanol–water partition coefficient (Wildman–Crippen LogP) is -0.912. The normalized spacial score (nSPS) is 22.6. The number of hydrogen-bond acceptors (Lipinski definition) is 5. The van der Waals surface area contributed by atoms with E-state index in [0.717, 1.165) is 5.56 Å². The fourth-order valence-corrected chi connectivity index (χ4v) is 2.02. The number of nitrogens with two attached hydrogens (primary N) is 1. The molecule has 0 radical (unpaired) electrons. The Morgan fingerprint density at radius 3 is 2.58 bits per heavy atom. The summed E-state index contributed by atoms with van der Waals surface area (Å²) in [5, 5.41) is 18.8. The number of hydrogen-bond donors (Lipinski definition) is 3. The molecule has 6 nitrogen and oxygen atoms in total. The molecule has 1 saturated heterocycles. The van der Waals surface area contributed by atoms with Crippen LogP contribution in [0.3, 0.4) is 0 Å². The molecule has 104 valence electrons. The van der Waals surface area contributed by atoms with Gasteiger partial charge < -0.3 is 25.6 Å². The maximum atomic E-state index is 11.9. The van der Waals surface area contributed by atoms with Gasteiger partial charge in [0.05, 0.1) is 12.2 Å². The lowest BCUT2D eigenvalue weighted by Crippen LogP contribution is -2.34. The van der Waals surface area contributed by atoms with Crippen LogP contribution in [0.1, 0.15) is 5.56 Å². The molecule has 1 aliphatic heterocycles. The fraction of sp³-hybridized carbons (Fsp3) is 0.462. The number of carbonyl (C=O) groups excluding carboxylic acids is 1. The summed E-state index contributed by atoms with van der Waals surface area (Å²) in [6.45, 7) is 0.492. The quantitative estimate of drug-likeness (QED) is 0.655. The molecule has 1 amide bonds. The van der Waals surface area contributed by atoms with Gasteiger partial charge in [-0.15, -0.1) is 0 Å². The molecule has 0 spiro atoms. The van der Waals surface area contributed by atoms with Crippen molar-refractivity contribution < 1.29 is 19.7 Å². The summed E-state index contributed by atoms with van der Waals surface area (Å²) in [4.78, 5) is 13.2. The zero-order valence-electron chi connectivity index (χ0n) is 10.5. The van der Waals surface area contributed by atoms with Gasteiger partial charge in [0.15, 0.2) is 6.61 Å². The van der Waals surface area contributed by atoms with Crippen LogP contribution in [0.4, 0.5) is 0 Å². The fourth-order valence-electron chi connectivity index (χ4n) is 2.02. The van der Waals surface area contributed by atoms with E-state index in [0.29, 0.717) is 12.3 Å². The number of rotatable bonds is 4. The van der Waals surface area contributed by atoms with Gasteiger partial charge in [-0.1, -0.05) is 18.2 Å². The standard InChI is InChI=1S/C13H18N2O4/c14-5-9-3-1-2-4-12(9)19-8-13(18)15-6-10(16)11(17)7-15/h1-4,10-11,16-17H,5-8,14H2. The van der Waals surface area contributed by atoms with E-state index in [1.807, 2.05) is 18.2 Å². The maximum Gasteiger partial charge on any atom is 0.260 e. The van der Waals surface area contributed by atoms with E-state index in [-0.39, 0.29) is 25.6 Å². The molecule has 1 aromatic carbocycles. The summed E-state index contributed by atoms with van der Waals surface area (Å²) in [6, 6.07) is 7.25. The molecule has 1 heterocycles. The minimum atomic E-state index is -0.875. The molecule has 19 heavy (non-hydrogen) atoms. The number of aliphatic hydroxyl groups excluding tert-OH is 2. The minimum absolute atomic E-state index is 0.129. The zero-order valence-corrected chi connectivity index (χ0v) is 10.5. The molecule has 1 aromatic rings. The van der Waals surface area contributed by atoms with Crippen molar-refractivity contribution in [1.82, 2.24) is 4.90 Å². The van der Waals surface area contributed by atoms with Crippen molar-refractivity contribution in [2.24, 2.45) is 5.73 Å². The minimum Gasteiger partial charge on any atom is -0.483 e. The van der Waals surface area contributed by atoms with Gasteiger partial charge in [0.25, 0.3) is 5.91 Å². The summed E-state index contributed by atoms with van der Waals surface area (Å²) in [6.07, 6.45) is -1.75. The monoisotopic (exact) mass is 266 g/mol. The second-order valence-corrected chi connectivity index (χ2v) is 4.53. The second-order valence-electron chi connectivity index (χ2n) is 4.53. The van der Waals surface area contributed by atoms with Gasteiger partial charge in [-0.3, -0.25) is 4.79 Å². The first-order chi connectivity index (χ1) is 9.11. The number of amides is 1. The highest BCUT2D eigenvalue weighted by Gasteiger charge is 2.32. The topological polar surface area (TPSA) is 96.0 Å². The largest absolute Gasteiger partial charge is 0.483 e. The molecule has 0 aliphatic carbocycles. The molecule has 1 fully saturated rings. The third kappa shape index (κ3) is 3.23. The molecular formula is C13H18N2O4. The molecule has 2 unspecified atom stereocenters. The molecule has 0 saturated carbocycles. The van der Waals surface area contributed by atoms with Gasteiger partial charge in [-0.25, -0.2) is 0 Å². The van der Waals surface area contributed by atoms with Gasteiger partial charge in [0, 0.05) is 25.2 Å². The second kappa shape index (κ2) is 6.01. The lowest BCUT2D eigenvalue weighted by atomic mass is 10.2. The van der Waals surface area contributed by atoms with Crippen LogP contribution in [0.2, 0.25) is 0 Å². The third-order valence-corrected chi connectivity index (χ3v) is 3.16. The lowest BCUT2D eigenvalue weighted by Gasteiger charge is -2.16. The third-order valence-electron chi connectivity index (χ3n) is 3.16. The van der Waals surface area contributed by atoms with Crippen molar-refractivity contribution in [2.45, 2.75) is 18.8 Å². The number of β-amino-alcohol motifs (C(OH)–C–C–N with tert-alkyl or cyclic N) is 2. The highest BCUT2D eigenvalue weighted by Crippen LogP contribution is 2.17. The van der Waals surface area contributed by atoms with Crippen LogP contribution < -0.4 is 10.5 Å². The Morgan fingerprint density at radius 1 is 1.32 bits per heavy atom. The van der Waals surface area contributed by atoms with Crippen LogP contribution in [0.15, 0.2) is 24.3 Å². The van der Waals surface area contributed by atoms with Crippen molar-refractivity contribution in [3.8, 4) is 5.75 Å². The van der Waals surface area contributed by atoms with E-state index in [2.05, 4.69) is 0 Å². The number of benzene rings is 1. The van der Waals surface area contributed by atoms with Gasteiger partial charge in [0.2, 0.25) is 0 Å². The Kier molecular flexibility index (Phi) is 4.36. The first kappa shape index (κ1) is 13.8. The zero-order chi connectivity index (χ0) is 13.8. The number of carbonyl (C=O) groups is 1. The van der Waals surface area contributed by atoms with Crippen LogP contribution in [0, 0.1) is 0 Å². The van der Waals surface area contributed by atoms with Crippen molar-refractivity contribution in [3.63, 3.8) is 0 Å². The number of likely N-dealkylation sites (tertiary alicyclic amines) is 1. The maximum absolute atomic E-state index is 11.9. The van der Waals surface area contributed by atoms with Crippen molar-refractivity contribution >= 4 is 5.91 Å². The average molecular weight is 266 g/mol. The van der Waals surface area contributed by atoms with E-state index in [1.54, 1.807) is 6.07 Å².